The molecule has 2 aromatic carbocycles. The van der Waals surface area contributed by atoms with Gasteiger partial charge >= 0.3 is 0 Å². The van der Waals surface area contributed by atoms with Crippen molar-refractivity contribution in [3.8, 4) is 22.4 Å². The van der Waals surface area contributed by atoms with Crippen LogP contribution in [0.1, 0.15) is 61.4 Å². The second kappa shape index (κ2) is 6.77. The van der Waals surface area contributed by atoms with Crippen molar-refractivity contribution in [2.45, 2.75) is 45.9 Å². The highest BCUT2D eigenvalue weighted by Gasteiger charge is 2.40. The standard InChI is InChI=1S/C30H29N2O/c1-17(2)19-13-15-32(6)24(16-19)25-18(3)9-10-21-22-12-11-20-23-8-7-14-31-29(23)30(4,5)26(20)28(22)33-27(21)25/h7-17H,1-6H3/q+1/i4D3,17D. The third-order valence-corrected chi connectivity index (χ3v) is 7.07. The smallest absolute Gasteiger partial charge is 0.216 e. The minimum atomic E-state index is -2.33. The first-order valence-corrected chi connectivity index (χ1v) is 11.3. The molecule has 0 saturated heterocycles. The predicted molar refractivity (Wildman–Crippen MR) is 135 cm³/mol. The number of furan rings is 1. The van der Waals surface area contributed by atoms with Crippen LogP contribution in [0.2, 0.25) is 0 Å². The van der Waals surface area contributed by atoms with Gasteiger partial charge in [0.25, 0.3) is 0 Å². The summed E-state index contributed by atoms with van der Waals surface area (Å²) >= 11 is 0. The zero-order valence-electron chi connectivity index (χ0n) is 23.6. The van der Waals surface area contributed by atoms with E-state index < -0.39 is 18.2 Å². The van der Waals surface area contributed by atoms with E-state index in [9.17, 15) is 0 Å². The van der Waals surface area contributed by atoms with Crippen LogP contribution in [0.15, 0.2) is 65.3 Å². The van der Waals surface area contributed by atoms with Gasteiger partial charge in [0.2, 0.25) is 5.69 Å². The normalized spacial score (nSPS) is 19.7. The Morgan fingerprint density at radius 2 is 1.85 bits per heavy atom. The molecule has 3 heterocycles. The maximum absolute atomic E-state index is 8.56. The zero-order chi connectivity index (χ0) is 26.5. The van der Waals surface area contributed by atoms with Gasteiger partial charge in [-0.1, -0.05) is 38.1 Å². The third-order valence-electron chi connectivity index (χ3n) is 7.07. The zero-order valence-corrected chi connectivity index (χ0v) is 19.6. The number of hydrogen-bond donors (Lipinski definition) is 0. The average Bonchev–Trinajstić information content (AvgIpc) is 3.33. The molecule has 0 amide bonds. The molecule has 3 nitrogen and oxygen atoms in total. The summed E-state index contributed by atoms with van der Waals surface area (Å²) in [7, 11) is 1.99. The largest absolute Gasteiger partial charge is 0.455 e. The van der Waals surface area contributed by atoms with Crippen LogP contribution in [-0.4, -0.2) is 4.98 Å². The van der Waals surface area contributed by atoms with E-state index in [4.69, 9.17) is 9.90 Å². The van der Waals surface area contributed by atoms with Gasteiger partial charge in [0.05, 0.1) is 11.3 Å². The first kappa shape index (κ1) is 16.2. The number of rotatable bonds is 2. The summed E-state index contributed by atoms with van der Waals surface area (Å²) < 4.78 is 43.0. The fraction of sp³-hybridized carbons (Fsp3) is 0.267. The molecule has 1 unspecified atom stereocenters. The minimum Gasteiger partial charge on any atom is -0.455 e. The van der Waals surface area contributed by atoms with Crippen molar-refractivity contribution >= 4 is 21.9 Å². The summed E-state index contributed by atoms with van der Waals surface area (Å²) in [5.74, 6) is -0.750. The number of aromatic nitrogens is 2. The van der Waals surface area contributed by atoms with E-state index in [0.717, 1.165) is 49.9 Å². The van der Waals surface area contributed by atoms with E-state index >= 15 is 0 Å². The Kier molecular flexibility index (Phi) is 3.32. The van der Waals surface area contributed by atoms with E-state index in [1.807, 2.05) is 62.0 Å². The minimum absolute atomic E-state index is 0.561. The van der Waals surface area contributed by atoms with Crippen LogP contribution in [0.4, 0.5) is 0 Å². The molecule has 6 rings (SSSR count). The van der Waals surface area contributed by atoms with E-state index in [1.54, 1.807) is 13.1 Å². The van der Waals surface area contributed by atoms with Crippen molar-refractivity contribution in [3.63, 3.8) is 0 Å². The lowest BCUT2D eigenvalue weighted by Gasteiger charge is -2.20. The van der Waals surface area contributed by atoms with Gasteiger partial charge < -0.3 is 4.42 Å². The molecule has 0 N–H and O–H groups in total. The van der Waals surface area contributed by atoms with E-state index in [0.29, 0.717) is 16.8 Å². The van der Waals surface area contributed by atoms with Crippen LogP contribution in [-0.2, 0) is 12.5 Å². The molecule has 0 fully saturated rings. The lowest BCUT2D eigenvalue weighted by Crippen LogP contribution is -2.31. The molecule has 0 spiro atoms. The van der Waals surface area contributed by atoms with Gasteiger partial charge in [-0.3, -0.25) is 4.98 Å². The van der Waals surface area contributed by atoms with Gasteiger partial charge in [-0.05, 0) is 55.4 Å². The van der Waals surface area contributed by atoms with Crippen molar-refractivity contribution in [1.29, 1.82) is 0 Å². The molecule has 1 aliphatic rings. The molecule has 3 heteroatoms. The summed E-state index contributed by atoms with van der Waals surface area (Å²) in [4.78, 5) is 4.56. The van der Waals surface area contributed by atoms with Gasteiger partial charge in [-0.15, -0.1) is 0 Å². The molecular formula is C30H29N2O+. The molecule has 0 aliphatic heterocycles. The monoisotopic (exact) mass is 437 g/mol. The molecule has 5 aromatic rings. The molecule has 1 atom stereocenters. The van der Waals surface area contributed by atoms with Crippen LogP contribution in [0.3, 0.4) is 0 Å². The molecule has 33 heavy (non-hydrogen) atoms. The maximum atomic E-state index is 8.56. The molecule has 0 bridgehead atoms. The van der Waals surface area contributed by atoms with Crippen molar-refractivity contribution < 1.29 is 14.5 Å². The van der Waals surface area contributed by atoms with Crippen LogP contribution < -0.4 is 4.57 Å². The van der Waals surface area contributed by atoms with Gasteiger partial charge in [0.15, 0.2) is 6.20 Å². The Morgan fingerprint density at radius 3 is 2.64 bits per heavy atom. The summed E-state index contributed by atoms with van der Waals surface area (Å²) in [6.07, 6.45) is 3.64. The predicted octanol–water partition coefficient (Wildman–Crippen LogP) is 7.21. The first-order chi connectivity index (χ1) is 17.3. The summed E-state index contributed by atoms with van der Waals surface area (Å²) in [6.45, 7) is 5.25. The summed E-state index contributed by atoms with van der Waals surface area (Å²) in [6, 6.07) is 16.0. The number of hydrogen-bond acceptors (Lipinski definition) is 2. The third kappa shape index (κ3) is 2.68. The lowest BCUT2D eigenvalue weighted by molar-refractivity contribution is -0.660. The van der Waals surface area contributed by atoms with Crippen molar-refractivity contribution in [3.05, 3.63) is 83.3 Å². The van der Waals surface area contributed by atoms with Crippen LogP contribution in [0, 0.1) is 6.92 Å². The molecule has 1 aliphatic carbocycles. The number of pyridine rings is 2. The van der Waals surface area contributed by atoms with Gasteiger partial charge in [-0.25, -0.2) is 4.57 Å². The Labute approximate surface area is 200 Å². The SMILES string of the molecule is [2H]C(C)(C)c1cc[n+](C)c(-c2c(C)ccc3c2oc2c4c(ccc23)-c2cccnc2C4(C)C([2H])([2H])[2H])c1. The first-order valence-electron chi connectivity index (χ1n) is 13.3. The highest BCUT2D eigenvalue weighted by molar-refractivity contribution is 6.12. The Hall–Kier alpha value is -3.46. The Balaban J connectivity index is 1.73. The van der Waals surface area contributed by atoms with Gasteiger partial charge in [0, 0.05) is 51.1 Å². The highest BCUT2D eigenvalue weighted by Crippen LogP contribution is 2.52. The number of fused-ring (bicyclic) bond motifs is 7. The lowest BCUT2D eigenvalue weighted by atomic mass is 9.84. The molecular weight excluding hydrogens is 404 g/mol. The van der Waals surface area contributed by atoms with Crippen LogP contribution >= 0.6 is 0 Å². The summed E-state index contributed by atoms with van der Waals surface area (Å²) in [5, 5.41) is 1.82. The van der Waals surface area contributed by atoms with Crippen LogP contribution in [0.25, 0.3) is 44.3 Å². The second-order valence-electron chi connectivity index (χ2n) is 9.54. The summed E-state index contributed by atoms with van der Waals surface area (Å²) in [5.41, 5.74) is 6.78. The topological polar surface area (TPSA) is 29.9 Å². The quantitative estimate of drug-likeness (QED) is 0.273. The van der Waals surface area contributed by atoms with Crippen molar-refractivity contribution in [2.24, 2.45) is 7.05 Å². The van der Waals surface area contributed by atoms with Crippen LogP contribution in [0.5, 0.6) is 0 Å². The van der Waals surface area contributed by atoms with Gasteiger partial charge in [0.1, 0.15) is 18.2 Å². The fourth-order valence-corrected chi connectivity index (χ4v) is 5.31. The molecule has 0 radical (unpaired) electrons. The Bertz CT molecular complexity index is 1740. The highest BCUT2D eigenvalue weighted by atomic mass is 16.3. The Morgan fingerprint density at radius 1 is 1.06 bits per heavy atom. The van der Waals surface area contributed by atoms with Gasteiger partial charge in [-0.2, -0.15) is 0 Å². The van der Waals surface area contributed by atoms with E-state index in [1.165, 1.54) is 0 Å². The fourth-order valence-electron chi connectivity index (χ4n) is 5.31. The van der Waals surface area contributed by atoms with E-state index in [2.05, 4.69) is 30.1 Å². The van der Waals surface area contributed by atoms with Crippen molar-refractivity contribution in [1.82, 2.24) is 4.98 Å². The number of benzene rings is 2. The van der Waals surface area contributed by atoms with E-state index in [-0.39, 0.29) is 0 Å². The second-order valence-corrected chi connectivity index (χ2v) is 9.54. The molecule has 3 aromatic heterocycles. The molecule has 164 valence electrons. The molecule has 0 saturated carbocycles. The maximum Gasteiger partial charge on any atom is 0.216 e. The average molecular weight is 438 g/mol. The van der Waals surface area contributed by atoms with Crippen molar-refractivity contribution in [2.75, 3.05) is 0 Å². The number of aryl methyl sites for hydroxylation is 2. The number of nitrogens with zero attached hydrogens (tertiary/aromatic N) is 2.